The fraction of sp³-hybridized carbons (Fsp3) is 0.700. The Hall–Kier alpha value is -1.79. The molecule has 0 saturated heterocycles. The van der Waals surface area contributed by atoms with Gasteiger partial charge in [0, 0.05) is 6.42 Å². The van der Waals surface area contributed by atoms with E-state index in [0.717, 1.165) is 0 Å². The van der Waals surface area contributed by atoms with Crippen LogP contribution in [0.25, 0.3) is 0 Å². The first-order valence-electron chi connectivity index (χ1n) is 5.42. The SMILES string of the molecule is CCc1nnc(CNC(=O)OC(C)(C)C)nn1. The number of ether oxygens (including phenoxy) is 1. The summed E-state index contributed by atoms with van der Waals surface area (Å²) in [6.45, 7) is 7.45. The Bertz CT molecular complexity index is 371. The number of hydrogen-bond donors (Lipinski definition) is 1. The molecule has 7 heteroatoms. The van der Waals surface area contributed by atoms with Gasteiger partial charge in [-0.1, -0.05) is 6.92 Å². The summed E-state index contributed by atoms with van der Waals surface area (Å²) in [5.74, 6) is 0.930. The van der Waals surface area contributed by atoms with Gasteiger partial charge in [-0.25, -0.2) is 4.79 Å². The van der Waals surface area contributed by atoms with Gasteiger partial charge in [-0.05, 0) is 20.8 Å². The van der Waals surface area contributed by atoms with E-state index in [0.29, 0.717) is 18.1 Å². The second-order valence-electron chi connectivity index (χ2n) is 4.44. The molecule has 94 valence electrons. The Balaban J connectivity index is 2.42. The molecule has 0 aliphatic heterocycles. The second kappa shape index (κ2) is 5.51. The van der Waals surface area contributed by atoms with E-state index in [-0.39, 0.29) is 6.54 Å². The summed E-state index contributed by atoms with van der Waals surface area (Å²) in [6.07, 6.45) is 0.167. The van der Waals surface area contributed by atoms with Crippen LogP contribution in [0.4, 0.5) is 4.79 Å². The highest BCUT2D eigenvalue weighted by molar-refractivity contribution is 5.67. The molecule has 1 heterocycles. The van der Waals surface area contributed by atoms with Crippen LogP contribution < -0.4 is 5.32 Å². The number of nitrogens with one attached hydrogen (secondary N) is 1. The fourth-order valence-corrected chi connectivity index (χ4v) is 0.948. The molecular weight excluding hydrogens is 222 g/mol. The second-order valence-corrected chi connectivity index (χ2v) is 4.44. The highest BCUT2D eigenvalue weighted by Gasteiger charge is 2.16. The zero-order valence-corrected chi connectivity index (χ0v) is 10.5. The monoisotopic (exact) mass is 239 g/mol. The normalized spacial score (nSPS) is 11.1. The highest BCUT2D eigenvalue weighted by Crippen LogP contribution is 2.06. The van der Waals surface area contributed by atoms with Crippen molar-refractivity contribution in [1.29, 1.82) is 0 Å². The van der Waals surface area contributed by atoms with Crippen molar-refractivity contribution in [3.63, 3.8) is 0 Å². The van der Waals surface area contributed by atoms with Crippen LogP contribution in [0.15, 0.2) is 0 Å². The molecule has 0 spiro atoms. The van der Waals surface area contributed by atoms with Gasteiger partial charge in [-0.3, -0.25) is 0 Å². The van der Waals surface area contributed by atoms with Crippen molar-refractivity contribution in [2.45, 2.75) is 46.3 Å². The molecule has 0 atom stereocenters. The van der Waals surface area contributed by atoms with Gasteiger partial charge in [0.15, 0.2) is 11.6 Å². The van der Waals surface area contributed by atoms with Crippen LogP contribution in [0.1, 0.15) is 39.3 Å². The minimum absolute atomic E-state index is 0.152. The van der Waals surface area contributed by atoms with Crippen LogP contribution in [0.2, 0.25) is 0 Å². The quantitative estimate of drug-likeness (QED) is 0.841. The third kappa shape index (κ3) is 5.19. The summed E-state index contributed by atoms with van der Waals surface area (Å²) in [6, 6.07) is 0. The van der Waals surface area contributed by atoms with E-state index < -0.39 is 11.7 Å². The lowest BCUT2D eigenvalue weighted by Crippen LogP contribution is -2.32. The van der Waals surface area contributed by atoms with E-state index in [1.165, 1.54) is 0 Å². The average molecular weight is 239 g/mol. The summed E-state index contributed by atoms with van der Waals surface area (Å²) in [5.41, 5.74) is -0.520. The van der Waals surface area contributed by atoms with Crippen molar-refractivity contribution in [2.75, 3.05) is 0 Å². The van der Waals surface area contributed by atoms with Crippen LogP contribution in [-0.4, -0.2) is 32.1 Å². The summed E-state index contributed by atoms with van der Waals surface area (Å²) in [7, 11) is 0. The first-order chi connectivity index (χ1) is 7.90. The molecule has 0 aromatic carbocycles. The van der Waals surface area contributed by atoms with Gasteiger partial charge in [-0.15, -0.1) is 20.4 Å². The first-order valence-corrected chi connectivity index (χ1v) is 5.42. The topological polar surface area (TPSA) is 89.9 Å². The molecule has 0 radical (unpaired) electrons. The number of alkyl carbamates (subject to hydrolysis) is 1. The number of nitrogens with zero attached hydrogens (tertiary/aromatic N) is 4. The molecule has 1 amide bonds. The molecule has 1 aromatic rings. The molecule has 0 unspecified atom stereocenters. The Morgan fingerprint density at radius 1 is 1.18 bits per heavy atom. The predicted molar refractivity (Wildman–Crippen MR) is 60.1 cm³/mol. The first kappa shape index (κ1) is 13.3. The molecule has 1 N–H and O–H groups in total. The van der Waals surface area contributed by atoms with Crippen LogP contribution in [-0.2, 0) is 17.7 Å². The van der Waals surface area contributed by atoms with Crippen LogP contribution >= 0.6 is 0 Å². The molecule has 7 nitrogen and oxygen atoms in total. The third-order valence-electron chi connectivity index (χ3n) is 1.67. The molecule has 0 aliphatic carbocycles. The molecule has 0 bridgehead atoms. The van der Waals surface area contributed by atoms with Crippen molar-refractivity contribution in [1.82, 2.24) is 25.7 Å². The van der Waals surface area contributed by atoms with E-state index >= 15 is 0 Å². The van der Waals surface area contributed by atoms with Gasteiger partial charge in [-0.2, -0.15) is 0 Å². The van der Waals surface area contributed by atoms with E-state index in [1.54, 1.807) is 20.8 Å². The average Bonchev–Trinajstić information content (AvgIpc) is 2.25. The van der Waals surface area contributed by atoms with E-state index in [1.807, 2.05) is 6.92 Å². The zero-order chi connectivity index (χ0) is 12.9. The van der Waals surface area contributed by atoms with Crippen molar-refractivity contribution >= 4 is 6.09 Å². The number of hydrogen-bond acceptors (Lipinski definition) is 6. The molecule has 1 aromatic heterocycles. The molecule has 17 heavy (non-hydrogen) atoms. The van der Waals surface area contributed by atoms with Crippen molar-refractivity contribution in [3.05, 3.63) is 11.6 Å². The number of aryl methyl sites for hydroxylation is 1. The molecule has 0 saturated carbocycles. The van der Waals surface area contributed by atoms with E-state index in [9.17, 15) is 4.79 Å². The minimum Gasteiger partial charge on any atom is -0.444 e. The minimum atomic E-state index is -0.520. The van der Waals surface area contributed by atoms with Gasteiger partial charge in [0.25, 0.3) is 0 Å². The van der Waals surface area contributed by atoms with E-state index in [4.69, 9.17) is 4.74 Å². The van der Waals surface area contributed by atoms with Crippen molar-refractivity contribution in [2.24, 2.45) is 0 Å². The largest absolute Gasteiger partial charge is 0.444 e. The summed E-state index contributed by atoms with van der Waals surface area (Å²) >= 11 is 0. The lowest BCUT2D eigenvalue weighted by atomic mass is 10.2. The molecule has 0 aliphatic rings. The Kier molecular flexibility index (Phi) is 4.30. The number of aromatic nitrogens is 4. The standard InChI is InChI=1S/C10H17N5O2/c1-5-7-12-14-8(15-13-7)6-11-9(16)17-10(2,3)4/h5-6H2,1-4H3,(H,11,16). The molecule has 1 rings (SSSR count). The Morgan fingerprint density at radius 3 is 2.18 bits per heavy atom. The smallest absolute Gasteiger partial charge is 0.408 e. The summed E-state index contributed by atoms with van der Waals surface area (Å²) in [5, 5.41) is 17.8. The zero-order valence-electron chi connectivity index (χ0n) is 10.5. The summed E-state index contributed by atoms with van der Waals surface area (Å²) in [4.78, 5) is 11.3. The fourth-order valence-electron chi connectivity index (χ4n) is 0.948. The number of carbonyl (C=O) groups excluding carboxylic acids is 1. The Morgan fingerprint density at radius 2 is 1.71 bits per heavy atom. The van der Waals surface area contributed by atoms with Crippen LogP contribution in [0.5, 0.6) is 0 Å². The molecule has 0 fully saturated rings. The molecular formula is C10H17N5O2. The van der Waals surface area contributed by atoms with Crippen molar-refractivity contribution < 1.29 is 9.53 Å². The number of rotatable bonds is 3. The Labute approximate surface area is 100.0 Å². The van der Waals surface area contributed by atoms with Crippen LogP contribution in [0.3, 0.4) is 0 Å². The maximum absolute atomic E-state index is 11.3. The highest BCUT2D eigenvalue weighted by atomic mass is 16.6. The lowest BCUT2D eigenvalue weighted by molar-refractivity contribution is 0.0522. The van der Waals surface area contributed by atoms with Crippen molar-refractivity contribution in [3.8, 4) is 0 Å². The van der Waals surface area contributed by atoms with Crippen LogP contribution in [0, 0.1) is 0 Å². The summed E-state index contributed by atoms with van der Waals surface area (Å²) < 4.78 is 5.06. The number of amides is 1. The van der Waals surface area contributed by atoms with E-state index in [2.05, 4.69) is 25.7 Å². The number of carbonyl (C=O) groups is 1. The van der Waals surface area contributed by atoms with Gasteiger partial charge in [0.05, 0.1) is 6.54 Å². The maximum Gasteiger partial charge on any atom is 0.408 e. The van der Waals surface area contributed by atoms with Gasteiger partial charge in [0.2, 0.25) is 0 Å². The maximum atomic E-state index is 11.3. The predicted octanol–water partition coefficient (Wildman–Crippen LogP) is 0.854. The van der Waals surface area contributed by atoms with Gasteiger partial charge >= 0.3 is 6.09 Å². The van der Waals surface area contributed by atoms with Gasteiger partial charge in [0.1, 0.15) is 5.60 Å². The van der Waals surface area contributed by atoms with Gasteiger partial charge < -0.3 is 10.1 Å². The lowest BCUT2D eigenvalue weighted by Gasteiger charge is -2.19. The third-order valence-corrected chi connectivity index (χ3v) is 1.67.